The Morgan fingerprint density at radius 3 is 0.952 bits per heavy atom. The first-order valence-electron chi connectivity index (χ1n) is 21.5. The van der Waals surface area contributed by atoms with Crippen LogP contribution in [0.2, 0.25) is 0 Å². The molecule has 0 unspecified atom stereocenters. The van der Waals surface area contributed by atoms with Gasteiger partial charge in [-0.25, -0.2) is 0 Å². The lowest BCUT2D eigenvalue weighted by Gasteiger charge is -2.32. The van der Waals surface area contributed by atoms with E-state index in [0.29, 0.717) is 0 Å². The van der Waals surface area contributed by atoms with Crippen LogP contribution in [0.4, 0.5) is 17.1 Å². The molecule has 2 aliphatic rings. The molecule has 0 saturated carbocycles. The molecule has 0 atom stereocenters. The number of nitrogens with zero attached hydrogens (tertiary/aromatic N) is 1. The van der Waals surface area contributed by atoms with Crippen molar-refractivity contribution in [2.75, 3.05) is 4.90 Å². The number of hydrogen-bond acceptors (Lipinski definition) is 1. The quantitative estimate of drug-likeness (QED) is 0.155. The average molecular weight is 788 g/mol. The Morgan fingerprint density at radius 1 is 0.226 bits per heavy atom. The van der Waals surface area contributed by atoms with Crippen molar-refractivity contribution in [1.29, 1.82) is 0 Å². The van der Waals surface area contributed by atoms with Gasteiger partial charge in [0.05, 0.1) is 11.1 Å². The molecule has 0 amide bonds. The Labute approximate surface area is 363 Å². The van der Waals surface area contributed by atoms with Crippen LogP contribution in [0.5, 0.6) is 0 Å². The fourth-order valence-electron chi connectivity index (χ4n) is 10.3. The summed E-state index contributed by atoms with van der Waals surface area (Å²) in [6.45, 7) is 0. The van der Waals surface area contributed by atoms with Gasteiger partial charge in [-0.05, 0) is 114 Å². The topological polar surface area (TPSA) is 3.24 Å². The summed E-state index contributed by atoms with van der Waals surface area (Å²) in [6.07, 6.45) is 0. The van der Waals surface area contributed by atoms with E-state index in [-0.39, 0.29) is 0 Å². The molecule has 12 rings (SSSR count). The van der Waals surface area contributed by atoms with Gasteiger partial charge in [-0.15, -0.1) is 0 Å². The second-order valence-corrected chi connectivity index (χ2v) is 16.4. The van der Waals surface area contributed by atoms with Crippen molar-refractivity contribution in [3.8, 4) is 66.8 Å². The summed E-state index contributed by atoms with van der Waals surface area (Å²) in [6, 6.07) is 91.3. The van der Waals surface area contributed by atoms with Gasteiger partial charge < -0.3 is 4.90 Å². The van der Waals surface area contributed by atoms with Gasteiger partial charge in [0.2, 0.25) is 0 Å². The van der Waals surface area contributed by atoms with Crippen molar-refractivity contribution < 1.29 is 0 Å². The van der Waals surface area contributed by atoms with Crippen LogP contribution < -0.4 is 4.90 Å². The molecule has 1 spiro atoms. The molecule has 10 aromatic carbocycles. The fraction of sp³-hybridized carbons (Fsp3) is 0.0164. The largest absolute Gasteiger partial charge is 0.310 e. The minimum absolute atomic E-state index is 0.424. The van der Waals surface area contributed by atoms with Crippen LogP contribution in [0.15, 0.2) is 249 Å². The highest BCUT2D eigenvalue weighted by molar-refractivity contribution is 6.01. The Hall–Kier alpha value is -8.00. The van der Waals surface area contributed by atoms with Gasteiger partial charge in [-0.2, -0.15) is 0 Å². The van der Waals surface area contributed by atoms with Gasteiger partial charge in [0.15, 0.2) is 0 Å². The summed E-state index contributed by atoms with van der Waals surface area (Å²) in [5.41, 5.74) is 23.1. The minimum Gasteiger partial charge on any atom is -0.310 e. The number of rotatable bonds is 7. The SMILES string of the molecule is c1ccc(-c2ccc(-c3ccc(N(c4ccc(-c5ccc(-c6ccccc6)cc5)cc4)c4cccc5c4-c4ccccc4C54c5ccccc5-c5ccccc54)cc3)cc2)cc1. The predicted molar refractivity (Wildman–Crippen MR) is 259 cm³/mol. The van der Waals surface area contributed by atoms with Crippen LogP contribution >= 0.6 is 0 Å². The molecular formula is C61H41N. The molecular weight excluding hydrogens is 747 g/mol. The summed E-state index contributed by atoms with van der Waals surface area (Å²) in [5.74, 6) is 0. The van der Waals surface area contributed by atoms with E-state index in [1.807, 2.05) is 0 Å². The minimum atomic E-state index is -0.424. The van der Waals surface area contributed by atoms with Gasteiger partial charge in [0.1, 0.15) is 0 Å². The van der Waals surface area contributed by atoms with E-state index in [4.69, 9.17) is 0 Å². The van der Waals surface area contributed by atoms with Crippen LogP contribution in [0.1, 0.15) is 22.3 Å². The molecule has 0 aliphatic heterocycles. The van der Waals surface area contributed by atoms with Crippen LogP contribution in [-0.2, 0) is 5.41 Å². The first-order chi connectivity index (χ1) is 30.8. The van der Waals surface area contributed by atoms with E-state index in [0.717, 1.165) is 17.1 Å². The summed E-state index contributed by atoms with van der Waals surface area (Å²) in [5, 5.41) is 0. The summed E-state index contributed by atoms with van der Waals surface area (Å²) in [7, 11) is 0. The molecule has 0 radical (unpaired) electrons. The Morgan fingerprint density at radius 2 is 0.532 bits per heavy atom. The maximum atomic E-state index is 2.46. The van der Waals surface area contributed by atoms with Gasteiger partial charge in [0.25, 0.3) is 0 Å². The molecule has 0 fully saturated rings. The molecule has 0 saturated heterocycles. The third-order valence-corrected chi connectivity index (χ3v) is 13.1. The predicted octanol–water partition coefficient (Wildman–Crippen LogP) is 16.2. The molecule has 2 aliphatic carbocycles. The molecule has 0 aromatic heterocycles. The van der Waals surface area contributed by atoms with Crippen molar-refractivity contribution in [2.24, 2.45) is 0 Å². The summed E-state index contributed by atoms with van der Waals surface area (Å²) in [4.78, 5) is 2.46. The van der Waals surface area contributed by atoms with Crippen molar-refractivity contribution in [3.05, 3.63) is 271 Å². The second-order valence-electron chi connectivity index (χ2n) is 16.4. The highest BCUT2D eigenvalue weighted by Gasteiger charge is 2.52. The van der Waals surface area contributed by atoms with E-state index >= 15 is 0 Å². The number of anilines is 3. The standard InChI is InChI=1S/C61H41N/c1-3-14-42(15-4-1)44-26-30-46(31-27-44)48-34-38-50(39-35-48)62(51-40-36-49(37-41-51)47-32-28-45(29-33-47)43-16-5-2-6-17-43)59-25-13-24-58-60(59)54-20-9-12-23-57(54)61(58)55-21-10-7-18-52(55)53-19-8-11-22-56(53)61/h1-41H. The monoisotopic (exact) mass is 787 g/mol. The van der Waals surface area contributed by atoms with Crippen molar-refractivity contribution in [2.45, 2.75) is 5.41 Å². The van der Waals surface area contributed by atoms with Crippen molar-refractivity contribution >= 4 is 17.1 Å². The highest BCUT2D eigenvalue weighted by Crippen LogP contribution is 2.64. The van der Waals surface area contributed by atoms with E-state index in [2.05, 4.69) is 254 Å². The fourth-order valence-corrected chi connectivity index (χ4v) is 10.3. The zero-order valence-electron chi connectivity index (χ0n) is 34.1. The summed E-state index contributed by atoms with van der Waals surface area (Å²) < 4.78 is 0. The Bertz CT molecular complexity index is 3060. The van der Waals surface area contributed by atoms with E-state index < -0.39 is 5.41 Å². The number of benzene rings is 10. The normalized spacial score (nSPS) is 12.6. The molecule has 1 nitrogen and oxygen atoms in total. The second kappa shape index (κ2) is 14.6. The maximum Gasteiger partial charge on any atom is 0.0726 e. The molecule has 0 heterocycles. The number of hydrogen-bond donors (Lipinski definition) is 0. The van der Waals surface area contributed by atoms with Gasteiger partial charge >= 0.3 is 0 Å². The smallest absolute Gasteiger partial charge is 0.0726 e. The van der Waals surface area contributed by atoms with Gasteiger partial charge in [-0.1, -0.05) is 218 Å². The zero-order valence-corrected chi connectivity index (χ0v) is 34.1. The third kappa shape index (κ3) is 5.63. The van der Waals surface area contributed by atoms with E-state index in [1.165, 1.54) is 89.0 Å². The lowest BCUT2D eigenvalue weighted by molar-refractivity contribution is 0.794. The highest BCUT2D eigenvalue weighted by atomic mass is 15.1. The van der Waals surface area contributed by atoms with Crippen LogP contribution in [-0.4, -0.2) is 0 Å². The molecule has 0 bridgehead atoms. The lowest BCUT2D eigenvalue weighted by atomic mass is 9.70. The Kier molecular flexibility index (Phi) is 8.47. The Balaban J connectivity index is 1.00. The summed E-state index contributed by atoms with van der Waals surface area (Å²) >= 11 is 0. The lowest BCUT2D eigenvalue weighted by Crippen LogP contribution is -2.26. The molecule has 0 N–H and O–H groups in total. The first kappa shape index (κ1) is 35.9. The van der Waals surface area contributed by atoms with Crippen LogP contribution in [0.25, 0.3) is 66.8 Å². The van der Waals surface area contributed by atoms with Gasteiger partial charge in [-0.3, -0.25) is 0 Å². The average Bonchev–Trinajstić information content (AvgIpc) is 3.83. The van der Waals surface area contributed by atoms with E-state index in [9.17, 15) is 0 Å². The third-order valence-electron chi connectivity index (χ3n) is 13.1. The molecule has 62 heavy (non-hydrogen) atoms. The van der Waals surface area contributed by atoms with Crippen LogP contribution in [0.3, 0.4) is 0 Å². The number of fused-ring (bicyclic) bond motifs is 10. The first-order valence-corrected chi connectivity index (χ1v) is 21.5. The maximum absolute atomic E-state index is 2.46. The van der Waals surface area contributed by atoms with Crippen molar-refractivity contribution in [1.82, 2.24) is 0 Å². The van der Waals surface area contributed by atoms with E-state index in [1.54, 1.807) is 0 Å². The van der Waals surface area contributed by atoms with Gasteiger partial charge in [0, 0.05) is 16.9 Å². The molecule has 290 valence electrons. The molecule has 10 aromatic rings. The van der Waals surface area contributed by atoms with Crippen LogP contribution in [0, 0.1) is 0 Å². The molecule has 1 heteroatoms. The van der Waals surface area contributed by atoms with Crippen molar-refractivity contribution in [3.63, 3.8) is 0 Å². The zero-order chi connectivity index (χ0) is 41.0.